The fourth-order valence-electron chi connectivity index (χ4n) is 1.60. The summed E-state index contributed by atoms with van der Waals surface area (Å²) in [5, 5.41) is 3.24. The Hall–Kier alpha value is -1.36. The number of hydrogen-bond donors (Lipinski definition) is 1. The number of nitrogens with one attached hydrogen (secondary N) is 1. The van der Waals surface area contributed by atoms with Crippen molar-refractivity contribution >= 4 is 11.8 Å². The standard InChI is InChI=1S/C12H21N3O2/c1-9(2)13-7-10(3)8-15-6-5-14(4)11(16)12(15)17/h9,13H,3,5-8H2,1-2,4H3. The highest BCUT2D eigenvalue weighted by molar-refractivity contribution is 6.35. The third-order valence-electron chi connectivity index (χ3n) is 2.70. The molecule has 0 aromatic carbocycles. The average molecular weight is 239 g/mol. The van der Waals surface area contributed by atoms with Crippen LogP contribution in [0.3, 0.4) is 0 Å². The van der Waals surface area contributed by atoms with Gasteiger partial charge in [0, 0.05) is 39.3 Å². The lowest BCUT2D eigenvalue weighted by Crippen LogP contribution is -2.53. The van der Waals surface area contributed by atoms with Gasteiger partial charge in [-0.1, -0.05) is 20.4 Å². The van der Waals surface area contributed by atoms with Crippen LogP contribution in [0.4, 0.5) is 0 Å². The molecule has 1 saturated heterocycles. The van der Waals surface area contributed by atoms with E-state index in [0.29, 0.717) is 32.2 Å². The molecule has 1 fully saturated rings. The summed E-state index contributed by atoms with van der Waals surface area (Å²) in [7, 11) is 1.65. The second-order valence-electron chi connectivity index (χ2n) is 4.74. The molecule has 5 heteroatoms. The van der Waals surface area contributed by atoms with E-state index >= 15 is 0 Å². The summed E-state index contributed by atoms with van der Waals surface area (Å²) in [4.78, 5) is 26.2. The van der Waals surface area contributed by atoms with E-state index in [9.17, 15) is 9.59 Å². The van der Waals surface area contributed by atoms with Crippen molar-refractivity contribution in [1.29, 1.82) is 0 Å². The van der Waals surface area contributed by atoms with Crippen LogP contribution in [0.2, 0.25) is 0 Å². The van der Waals surface area contributed by atoms with Crippen molar-refractivity contribution in [2.75, 3.05) is 33.2 Å². The van der Waals surface area contributed by atoms with E-state index < -0.39 is 11.8 Å². The molecule has 1 N–H and O–H groups in total. The lowest BCUT2D eigenvalue weighted by molar-refractivity contribution is -0.154. The van der Waals surface area contributed by atoms with Gasteiger partial charge in [-0.3, -0.25) is 9.59 Å². The highest BCUT2D eigenvalue weighted by atomic mass is 16.2. The molecule has 96 valence electrons. The minimum atomic E-state index is -0.430. The van der Waals surface area contributed by atoms with E-state index in [1.807, 2.05) is 0 Å². The van der Waals surface area contributed by atoms with E-state index in [-0.39, 0.29) is 0 Å². The Balaban J connectivity index is 2.44. The molecule has 0 bridgehead atoms. The van der Waals surface area contributed by atoms with Crippen LogP contribution in [0.1, 0.15) is 13.8 Å². The number of hydrogen-bond acceptors (Lipinski definition) is 3. The first kappa shape index (κ1) is 13.7. The third kappa shape index (κ3) is 3.85. The van der Waals surface area contributed by atoms with Crippen molar-refractivity contribution in [2.24, 2.45) is 0 Å². The van der Waals surface area contributed by atoms with Gasteiger partial charge >= 0.3 is 11.8 Å². The van der Waals surface area contributed by atoms with Crippen molar-refractivity contribution in [3.63, 3.8) is 0 Å². The molecule has 0 atom stereocenters. The van der Waals surface area contributed by atoms with Crippen LogP contribution in [0.15, 0.2) is 12.2 Å². The second-order valence-corrected chi connectivity index (χ2v) is 4.74. The number of carbonyl (C=O) groups excluding carboxylic acids is 2. The summed E-state index contributed by atoms with van der Waals surface area (Å²) in [6, 6.07) is 0.386. The third-order valence-corrected chi connectivity index (χ3v) is 2.70. The highest BCUT2D eigenvalue weighted by Crippen LogP contribution is 2.05. The van der Waals surface area contributed by atoms with Gasteiger partial charge in [-0.05, 0) is 5.57 Å². The molecule has 1 aliphatic rings. The molecule has 17 heavy (non-hydrogen) atoms. The zero-order valence-corrected chi connectivity index (χ0v) is 10.8. The Kier molecular flexibility index (Phi) is 4.69. The molecule has 0 unspecified atom stereocenters. The lowest BCUT2D eigenvalue weighted by Gasteiger charge is -2.32. The molecule has 0 aliphatic carbocycles. The van der Waals surface area contributed by atoms with Gasteiger partial charge in [0.05, 0.1) is 0 Å². The quantitative estimate of drug-likeness (QED) is 0.536. The summed E-state index contributed by atoms with van der Waals surface area (Å²) in [6.07, 6.45) is 0. The lowest BCUT2D eigenvalue weighted by atomic mass is 10.2. The topological polar surface area (TPSA) is 52.6 Å². The van der Waals surface area contributed by atoms with Crippen molar-refractivity contribution in [2.45, 2.75) is 19.9 Å². The number of amides is 2. The van der Waals surface area contributed by atoms with Crippen LogP contribution in [-0.2, 0) is 9.59 Å². The van der Waals surface area contributed by atoms with Crippen LogP contribution in [0, 0.1) is 0 Å². The van der Waals surface area contributed by atoms with E-state index in [1.165, 1.54) is 4.90 Å². The first-order valence-electron chi connectivity index (χ1n) is 5.86. The molecular weight excluding hydrogens is 218 g/mol. The smallest absolute Gasteiger partial charge is 0.312 e. The second kappa shape index (κ2) is 5.82. The zero-order valence-electron chi connectivity index (χ0n) is 10.8. The van der Waals surface area contributed by atoms with E-state index in [2.05, 4.69) is 25.7 Å². The summed E-state index contributed by atoms with van der Waals surface area (Å²) < 4.78 is 0. The Morgan fingerprint density at radius 1 is 1.35 bits per heavy atom. The van der Waals surface area contributed by atoms with Gasteiger partial charge in [0.25, 0.3) is 0 Å². The minimum Gasteiger partial charge on any atom is -0.336 e. The van der Waals surface area contributed by atoms with Crippen molar-refractivity contribution in [3.05, 3.63) is 12.2 Å². The zero-order chi connectivity index (χ0) is 13.0. The van der Waals surface area contributed by atoms with Gasteiger partial charge in [0.1, 0.15) is 0 Å². The summed E-state index contributed by atoms with van der Waals surface area (Å²) in [6.45, 7) is 10.3. The Labute approximate surface area is 102 Å². The SMILES string of the molecule is C=C(CNC(C)C)CN1CCN(C)C(=O)C1=O. The predicted molar refractivity (Wildman–Crippen MR) is 66.5 cm³/mol. The first-order chi connectivity index (χ1) is 7.91. The van der Waals surface area contributed by atoms with E-state index in [1.54, 1.807) is 11.9 Å². The van der Waals surface area contributed by atoms with Gasteiger partial charge in [-0.15, -0.1) is 0 Å². The molecular formula is C12H21N3O2. The number of carbonyl (C=O) groups is 2. The van der Waals surface area contributed by atoms with Crippen LogP contribution in [0.5, 0.6) is 0 Å². The van der Waals surface area contributed by atoms with Crippen LogP contribution >= 0.6 is 0 Å². The maximum atomic E-state index is 11.7. The van der Waals surface area contributed by atoms with Crippen molar-refractivity contribution < 1.29 is 9.59 Å². The minimum absolute atomic E-state index is 0.386. The first-order valence-corrected chi connectivity index (χ1v) is 5.86. The van der Waals surface area contributed by atoms with Crippen molar-refractivity contribution in [1.82, 2.24) is 15.1 Å². The van der Waals surface area contributed by atoms with E-state index in [4.69, 9.17) is 0 Å². The maximum absolute atomic E-state index is 11.7. The van der Waals surface area contributed by atoms with Crippen LogP contribution < -0.4 is 5.32 Å². The normalized spacial score (nSPS) is 16.9. The average Bonchev–Trinajstić information content (AvgIpc) is 2.27. The molecule has 1 aliphatic heterocycles. The molecule has 5 nitrogen and oxygen atoms in total. The monoisotopic (exact) mass is 239 g/mol. The van der Waals surface area contributed by atoms with Gasteiger partial charge in [-0.25, -0.2) is 0 Å². The van der Waals surface area contributed by atoms with Gasteiger partial charge < -0.3 is 15.1 Å². The molecule has 0 aromatic heterocycles. The number of rotatable bonds is 5. The van der Waals surface area contributed by atoms with Crippen LogP contribution in [-0.4, -0.2) is 60.9 Å². The largest absolute Gasteiger partial charge is 0.336 e. The molecule has 1 heterocycles. The predicted octanol–water partition coefficient (Wildman–Crippen LogP) is -0.159. The van der Waals surface area contributed by atoms with Gasteiger partial charge in [0.15, 0.2) is 0 Å². The maximum Gasteiger partial charge on any atom is 0.312 e. The fourth-order valence-corrected chi connectivity index (χ4v) is 1.60. The summed E-state index contributed by atoms with van der Waals surface area (Å²) >= 11 is 0. The fraction of sp³-hybridized carbons (Fsp3) is 0.667. The molecule has 0 spiro atoms. The van der Waals surface area contributed by atoms with Gasteiger partial charge in [-0.2, -0.15) is 0 Å². The Bertz CT molecular complexity index is 326. The summed E-state index contributed by atoms with van der Waals surface area (Å²) in [5.74, 6) is -0.856. The Morgan fingerprint density at radius 3 is 2.59 bits per heavy atom. The Morgan fingerprint density at radius 2 is 2.00 bits per heavy atom. The highest BCUT2D eigenvalue weighted by Gasteiger charge is 2.30. The molecule has 2 amide bonds. The number of piperazine rings is 1. The molecule has 1 rings (SSSR count). The van der Waals surface area contributed by atoms with Gasteiger partial charge in [0.2, 0.25) is 0 Å². The van der Waals surface area contributed by atoms with E-state index in [0.717, 1.165) is 5.57 Å². The molecule has 0 radical (unpaired) electrons. The van der Waals surface area contributed by atoms with Crippen molar-refractivity contribution in [3.8, 4) is 0 Å². The molecule has 0 saturated carbocycles. The number of likely N-dealkylation sites (N-methyl/N-ethyl adjacent to an activating group) is 1. The summed E-state index contributed by atoms with van der Waals surface area (Å²) in [5.41, 5.74) is 0.921. The number of nitrogens with zero attached hydrogens (tertiary/aromatic N) is 2. The van der Waals surface area contributed by atoms with Crippen LogP contribution in [0.25, 0.3) is 0 Å². The molecule has 0 aromatic rings.